The van der Waals surface area contributed by atoms with Crippen molar-refractivity contribution in [1.82, 2.24) is 0 Å². The van der Waals surface area contributed by atoms with Gasteiger partial charge >= 0.3 is 5.97 Å². The topological polar surface area (TPSA) is 80.7 Å². The van der Waals surface area contributed by atoms with Gasteiger partial charge in [-0.15, -0.1) is 0 Å². The lowest BCUT2D eigenvalue weighted by atomic mass is 9.89. The van der Waals surface area contributed by atoms with E-state index >= 15 is 0 Å². The molecule has 0 aromatic heterocycles. The minimum absolute atomic E-state index is 0.00877. The molecule has 1 N–H and O–H groups in total. The predicted molar refractivity (Wildman–Crippen MR) is 85.2 cm³/mol. The van der Waals surface area contributed by atoms with Gasteiger partial charge in [-0.05, 0) is 30.7 Å². The molecular weight excluding hydrogens is 304 g/mol. The van der Waals surface area contributed by atoms with Crippen LogP contribution in [-0.4, -0.2) is 31.3 Å². The first-order chi connectivity index (χ1) is 10.3. The van der Waals surface area contributed by atoms with Crippen molar-refractivity contribution in [3.05, 3.63) is 35.9 Å². The molecule has 0 saturated carbocycles. The van der Waals surface area contributed by atoms with Crippen LogP contribution in [0.2, 0.25) is 0 Å². The molecule has 5 nitrogen and oxygen atoms in total. The third-order valence-corrected chi connectivity index (χ3v) is 4.43. The van der Waals surface area contributed by atoms with E-state index < -0.39 is 15.9 Å². The van der Waals surface area contributed by atoms with Crippen molar-refractivity contribution in [2.24, 2.45) is 5.92 Å². The number of hydrogen-bond acceptors (Lipinski definition) is 4. The Morgan fingerprint density at radius 3 is 2.45 bits per heavy atom. The Morgan fingerprint density at radius 2 is 1.91 bits per heavy atom. The van der Waals surface area contributed by atoms with Crippen LogP contribution in [0.15, 0.2) is 30.3 Å². The molecule has 124 valence electrons. The van der Waals surface area contributed by atoms with Gasteiger partial charge < -0.3 is 4.74 Å². The summed E-state index contributed by atoms with van der Waals surface area (Å²) in [6, 6.07) is 9.97. The Balaban J connectivity index is 2.44. The summed E-state index contributed by atoms with van der Waals surface area (Å²) >= 11 is 0. The van der Waals surface area contributed by atoms with Gasteiger partial charge in [-0.3, -0.25) is 9.35 Å². The maximum atomic E-state index is 12.0. The number of carbonyl (C=O) groups is 1. The molecule has 0 bridgehead atoms. The molecular formula is C16H24O5S. The third kappa shape index (κ3) is 7.04. The summed E-state index contributed by atoms with van der Waals surface area (Å²) in [6.45, 7) is 4.01. The summed E-state index contributed by atoms with van der Waals surface area (Å²) in [5.74, 6) is -0.657. The highest BCUT2D eigenvalue weighted by Gasteiger charge is 2.21. The fourth-order valence-corrected chi connectivity index (χ4v) is 2.79. The van der Waals surface area contributed by atoms with Crippen LogP contribution in [0.5, 0.6) is 0 Å². The van der Waals surface area contributed by atoms with E-state index in [1.165, 1.54) is 5.56 Å². The lowest BCUT2D eigenvalue weighted by Crippen LogP contribution is -2.20. The Kier molecular flexibility index (Phi) is 7.55. The van der Waals surface area contributed by atoms with E-state index in [-0.39, 0.29) is 30.8 Å². The summed E-state index contributed by atoms with van der Waals surface area (Å²) in [5, 5.41) is 0. The summed E-state index contributed by atoms with van der Waals surface area (Å²) < 4.78 is 34.9. The van der Waals surface area contributed by atoms with Gasteiger partial charge in [0.05, 0.1) is 18.3 Å². The molecule has 1 aromatic carbocycles. The number of hydrogen-bond donors (Lipinski definition) is 1. The van der Waals surface area contributed by atoms with Crippen LogP contribution in [0.25, 0.3) is 0 Å². The van der Waals surface area contributed by atoms with Crippen molar-refractivity contribution in [2.45, 2.75) is 39.0 Å². The van der Waals surface area contributed by atoms with Crippen molar-refractivity contribution in [3.8, 4) is 0 Å². The first kappa shape index (κ1) is 18.6. The molecule has 2 atom stereocenters. The normalized spacial score (nSPS) is 14.3. The summed E-state index contributed by atoms with van der Waals surface area (Å²) in [5.41, 5.74) is 1.18. The molecule has 2 unspecified atom stereocenters. The minimum atomic E-state index is -3.99. The average molecular weight is 328 g/mol. The molecule has 0 aliphatic rings. The van der Waals surface area contributed by atoms with Crippen LogP contribution in [0.4, 0.5) is 0 Å². The number of carbonyl (C=O) groups excluding carboxylic acids is 1. The highest BCUT2D eigenvalue weighted by Crippen LogP contribution is 2.25. The van der Waals surface area contributed by atoms with Crippen molar-refractivity contribution in [2.75, 3.05) is 12.4 Å². The van der Waals surface area contributed by atoms with E-state index in [0.29, 0.717) is 12.8 Å². The Bertz CT molecular complexity index is 553. The van der Waals surface area contributed by atoms with Crippen LogP contribution in [0.1, 0.15) is 44.6 Å². The number of ether oxygens (including phenoxy) is 1. The quantitative estimate of drug-likeness (QED) is 0.428. The van der Waals surface area contributed by atoms with Crippen molar-refractivity contribution >= 4 is 16.1 Å². The second-order valence-electron chi connectivity index (χ2n) is 5.46. The minimum Gasteiger partial charge on any atom is -0.465 e. The van der Waals surface area contributed by atoms with E-state index in [0.717, 1.165) is 0 Å². The molecule has 0 heterocycles. The van der Waals surface area contributed by atoms with Gasteiger partial charge in [-0.2, -0.15) is 8.42 Å². The van der Waals surface area contributed by atoms with E-state index in [9.17, 15) is 13.2 Å². The molecule has 22 heavy (non-hydrogen) atoms. The van der Waals surface area contributed by atoms with Gasteiger partial charge in [0.15, 0.2) is 0 Å². The number of rotatable bonds is 9. The molecule has 0 aliphatic carbocycles. The van der Waals surface area contributed by atoms with Crippen molar-refractivity contribution in [1.29, 1.82) is 0 Å². The van der Waals surface area contributed by atoms with Gasteiger partial charge in [-0.1, -0.05) is 44.2 Å². The third-order valence-electron chi connectivity index (χ3n) is 3.62. The van der Waals surface area contributed by atoms with Gasteiger partial charge in [-0.25, -0.2) is 0 Å². The standard InChI is InChI=1S/C16H24O5S/c1-3-14(12-13(2)15-8-5-4-6-9-15)16(17)21-10-7-11-22(18,19)20/h4-6,8-9,13-14H,3,7,10-12H2,1-2H3,(H,18,19,20). The maximum absolute atomic E-state index is 12.0. The zero-order chi connectivity index (χ0) is 16.6. The molecule has 1 aromatic rings. The van der Waals surface area contributed by atoms with Crippen molar-refractivity contribution in [3.63, 3.8) is 0 Å². The average Bonchev–Trinajstić information content (AvgIpc) is 2.48. The first-order valence-corrected chi connectivity index (χ1v) is 9.11. The van der Waals surface area contributed by atoms with Crippen LogP contribution < -0.4 is 0 Å². The lowest BCUT2D eigenvalue weighted by molar-refractivity contribution is -0.149. The molecule has 0 radical (unpaired) electrons. The Labute approximate surface area is 132 Å². The van der Waals surface area contributed by atoms with Gasteiger partial charge in [0.25, 0.3) is 10.1 Å². The predicted octanol–water partition coefficient (Wildman–Crippen LogP) is 3.03. The summed E-state index contributed by atoms with van der Waals surface area (Å²) in [7, 11) is -3.99. The van der Waals surface area contributed by atoms with Crippen LogP contribution in [-0.2, 0) is 19.6 Å². The molecule has 0 aliphatic heterocycles. The fourth-order valence-electron chi connectivity index (χ4n) is 2.31. The fraction of sp³-hybridized carbons (Fsp3) is 0.562. The van der Waals surface area contributed by atoms with Crippen molar-refractivity contribution < 1.29 is 22.5 Å². The molecule has 1 rings (SSSR count). The second kappa shape index (κ2) is 8.90. The van der Waals surface area contributed by atoms with Crippen LogP contribution >= 0.6 is 0 Å². The van der Waals surface area contributed by atoms with Gasteiger partial charge in [0, 0.05) is 0 Å². The van der Waals surface area contributed by atoms with E-state index in [1.807, 2.05) is 37.3 Å². The van der Waals surface area contributed by atoms with E-state index in [1.54, 1.807) is 0 Å². The number of benzene rings is 1. The largest absolute Gasteiger partial charge is 0.465 e. The van der Waals surface area contributed by atoms with Gasteiger partial charge in [0.1, 0.15) is 0 Å². The highest BCUT2D eigenvalue weighted by molar-refractivity contribution is 7.85. The molecule has 0 amide bonds. The van der Waals surface area contributed by atoms with Crippen LogP contribution in [0, 0.1) is 5.92 Å². The van der Waals surface area contributed by atoms with E-state index in [4.69, 9.17) is 9.29 Å². The molecule has 6 heteroatoms. The van der Waals surface area contributed by atoms with E-state index in [2.05, 4.69) is 6.92 Å². The maximum Gasteiger partial charge on any atom is 0.308 e. The summed E-state index contributed by atoms with van der Waals surface area (Å²) in [4.78, 5) is 12.0. The smallest absolute Gasteiger partial charge is 0.308 e. The van der Waals surface area contributed by atoms with Gasteiger partial charge in [0.2, 0.25) is 0 Å². The zero-order valence-corrected chi connectivity index (χ0v) is 13.9. The summed E-state index contributed by atoms with van der Waals surface area (Å²) in [6.07, 6.45) is 1.47. The molecule has 0 spiro atoms. The lowest BCUT2D eigenvalue weighted by Gasteiger charge is -2.19. The molecule has 0 saturated heterocycles. The molecule has 0 fully saturated rings. The zero-order valence-electron chi connectivity index (χ0n) is 13.1. The second-order valence-corrected chi connectivity index (χ2v) is 7.03. The number of esters is 1. The Hall–Kier alpha value is -1.40. The monoisotopic (exact) mass is 328 g/mol. The van der Waals surface area contributed by atoms with Crippen LogP contribution in [0.3, 0.4) is 0 Å². The first-order valence-electron chi connectivity index (χ1n) is 7.50. The SMILES string of the molecule is CCC(CC(C)c1ccccc1)C(=O)OCCCS(=O)(=O)O. The highest BCUT2D eigenvalue weighted by atomic mass is 32.2. The Morgan fingerprint density at radius 1 is 1.27 bits per heavy atom.